The van der Waals surface area contributed by atoms with Crippen molar-refractivity contribution in [3.05, 3.63) is 69.2 Å². The minimum absolute atomic E-state index is 0.0181. The molecule has 0 aliphatic rings. The van der Waals surface area contributed by atoms with E-state index in [9.17, 15) is 37.2 Å². The number of aromatic nitrogens is 3. The van der Waals surface area contributed by atoms with Crippen LogP contribution in [0.4, 0.5) is 13.2 Å². The van der Waals surface area contributed by atoms with E-state index in [-0.39, 0.29) is 53.4 Å². The normalized spacial score (nSPS) is 13.1. The number of aliphatic hydroxyl groups is 1. The van der Waals surface area contributed by atoms with Gasteiger partial charge in [0, 0.05) is 59.2 Å². The van der Waals surface area contributed by atoms with Crippen LogP contribution < -0.4 is 5.43 Å². The van der Waals surface area contributed by atoms with Crippen molar-refractivity contribution in [3.63, 3.8) is 0 Å². The summed E-state index contributed by atoms with van der Waals surface area (Å²) in [6.07, 6.45) is -1.19. The summed E-state index contributed by atoms with van der Waals surface area (Å²) in [6, 6.07) is 5.58. The molecule has 0 aliphatic carbocycles. The second-order valence-corrected chi connectivity index (χ2v) is 14.7. The number of nitrogens with zero attached hydrogens (tertiary/aromatic N) is 3. The van der Waals surface area contributed by atoms with Gasteiger partial charge in [0.15, 0.2) is 5.69 Å². The molecule has 0 amide bonds. The maximum atomic E-state index is 13.9. The summed E-state index contributed by atoms with van der Waals surface area (Å²) in [4.78, 5) is 65.4. The molecule has 17 heteroatoms. The van der Waals surface area contributed by atoms with E-state index in [1.165, 1.54) is 24.5 Å². The summed E-state index contributed by atoms with van der Waals surface area (Å²) in [5.74, 6) is -1.12. The van der Waals surface area contributed by atoms with E-state index in [1.807, 2.05) is 27.7 Å². The molecule has 12 nitrogen and oxygen atoms in total. The lowest BCUT2D eigenvalue weighted by Crippen LogP contribution is -2.31. The van der Waals surface area contributed by atoms with Gasteiger partial charge in [0.1, 0.15) is 16.4 Å². The molecule has 0 saturated carbocycles. The van der Waals surface area contributed by atoms with Crippen molar-refractivity contribution < 1.29 is 51.5 Å². The highest BCUT2D eigenvalue weighted by Crippen LogP contribution is 2.39. The van der Waals surface area contributed by atoms with E-state index >= 15 is 0 Å². The molecular formula is C33H37F3N3O9PS. The number of phosphoric ester groups is 1. The summed E-state index contributed by atoms with van der Waals surface area (Å²) in [6.45, 7) is 6.33. The Labute approximate surface area is 289 Å². The van der Waals surface area contributed by atoms with Gasteiger partial charge >= 0.3 is 20.0 Å². The van der Waals surface area contributed by atoms with E-state index in [1.54, 1.807) is 16.7 Å². The SMILES string of the molecule is CCCC(=O)Cc1cc(-c2nc(C(F)(F)F)cs2)c(-c2ccc3c(c2)c(=O)c(C(=O)OCCCOP(=O)(O)O)cn3[C@H](CO)C(C)(C)C)cn1. The molecule has 1 atom stereocenters. The number of pyridine rings is 2. The fourth-order valence-electron chi connectivity index (χ4n) is 5.29. The maximum absolute atomic E-state index is 13.9. The smallest absolute Gasteiger partial charge is 0.462 e. The Morgan fingerprint density at radius 3 is 2.42 bits per heavy atom. The number of phosphoric acid groups is 1. The van der Waals surface area contributed by atoms with Crippen LogP contribution in [0, 0.1) is 5.41 Å². The first kappa shape index (κ1) is 39.0. The molecule has 0 bridgehead atoms. The van der Waals surface area contributed by atoms with Crippen LogP contribution in [0.15, 0.2) is 46.8 Å². The highest BCUT2D eigenvalue weighted by atomic mass is 32.1. The number of carbonyl (C=O) groups is 2. The van der Waals surface area contributed by atoms with Gasteiger partial charge in [0.25, 0.3) is 0 Å². The van der Waals surface area contributed by atoms with Crippen molar-refractivity contribution in [3.8, 4) is 21.7 Å². The number of rotatable bonds is 14. The van der Waals surface area contributed by atoms with Crippen LogP contribution in [0.2, 0.25) is 0 Å². The zero-order valence-electron chi connectivity index (χ0n) is 27.7. The Kier molecular flexibility index (Phi) is 12.2. The molecule has 4 rings (SSSR count). The summed E-state index contributed by atoms with van der Waals surface area (Å²) >= 11 is 0.763. The molecule has 50 heavy (non-hydrogen) atoms. The minimum atomic E-state index is -4.72. The molecule has 0 fully saturated rings. The molecule has 3 aromatic heterocycles. The number of aliphatic hydroxyl groups excluding tert-OH is 1. The molecule has 270 valence electrons. The highest BCUT2D eigenvalue weighted by Gasteiger charge is 2.34. The number of fused-ring (bicyclic) bond motifs is 1. The largest absolute Gasteiger partial charge is 0.469 e. The number of hydrogen-bond acceptors (Lipinski definition) is 10. The van der Waals surface area contributed by atoms with Gasteiger partial charge in [0.2, 0.25) is 5.43 Å². The average Bonchev–Trinajstić information content (AvgIpc) is 3.52. The van der Waals surface area contributed by atoms with E-state index in [4.69, 9.17) is 14.5 Å². The van der Waals surface area contributed by atoms with Crippen molar-refractivity contribution in [1.82, 2.24) is 14.5 Å². The number of thiazole rings is 1. The molecule has 0 radical (unpaired) electrons. The number of ether oxygens (including phenoxy) is 1. The number of carbonyl (C=O) groups excluding carboxylic acids is 2. The number of hydrogen-bond donors (Lipinski definition) is 3. The van der Waals surface area contributed by atoms with Crippen LogP contribution >= 0.6 is 19.2 Å². The number of Topliss-reactive ketones (excluding diaryl/α,β-unsaturated/α-hetero) is 1. The maximum Gasteiger partial charge on any atom is 0.469 e. The Hall–Kier alpha value is -3.79. The lowest BCUT2D eigenvalue weighted by molar-refractivity contribution is -0.140. The fraction of sp³-hybridized carbons (Fsp3) is 0.424. The van der Waals surface area contributed by atoms with Gasteiger partial charge < -0.3 is 24.2 Å². The third kappa shape index (κ3) is 9.50. The first-order chi connectivity index (χ1) is 23.3. The van der Waals surface area contributed by atoms with Crippen LogP contribution in [-0.4, -0.2) is 61.0 Å². The molecule has 0 spiro atoms. The van der Waals surface area contributed by atoms with Crippen LogP contribution in [0.25, 0.3) is 32.6 Å². The van der Waals surface area contributed by atoms with E-state index in [0.29, 0.717) is 35.2 Å². The van der Waals surface area contributed by atoms with Gasteiger partial charge in [-0.25, -0.2) is 14.3 Å². The molecule has 1 aromatic carbocycles. The second kappa shape index (κ2) is 15.6. The first-order valence-corrected chi connectivity index (χ1v) is 18.0. The number of halogens is 3. The van der Waals surface area contributed by atoms with E-state index in [0.717, 1.165) is 16.7 Å². The Balaban J connectivity index is 1.88. The molecule has 0 unspecified atom stereocenters. The van der Waals surface area contributed by atoms with Crippen molar-refractivity contribution in [1.29, 1.82) is 0 Å². The zero-order valence-corrected chi connectivity index (χ0v) is 29.4. The molecule has 0 saturated heterocycles. The van der Waals surface area contributed by atoms with Gasteiger partial charge in [-0.05, 0) is 35.6 Å². The van der Waals surface area contributed by atoms with Crippen molar-refractivity contribution in [2.24, 2.45) is 5.41 Å². The van der Waals surface area contributed by atoms with Crippen LogP contribution in [0.1, 0.15) is 74.7 Å². The van der Waals surface area contributed by atoms with Crippen LogP contribution in [-0.2, 0) is 31.2 Å². The predicted molar refractivity (Wildman–Crippen MR) is 180 cm³/mol. The number of alkyl halides is 3. The van der Waals surface area contributed by atoms with Crippen molar-refractivity contribution in [2.75, 3.05) is 19.8 Å². The molecule has 3 heterocycles. The van der Waals surface area contributed by atoms with Crippen LogP contribution in [0.5, 0.6) is 0 Å². The Morgan fingerprint density at radius 1 is 1.10 bits per heavy atom. The van der Waals surface area contributed by atoms with Gasteiger partial charge in [-0.1, -0.05) is 33.8 Å². The Morgan fingerprint density at radius 2 is 1.82 bits per heavy atom. The molecule has 4 aromatic rings. The summed E-state index contributed by atoms with van der Waals surface area (Å²) < 4.78 is 62.7. The standard InChI is InChI=1S/C33H37F3N3O9PS/c1-5-7-21(41)13-20-14-22(30-38-27(18-50-30)33(34,35)36)24(15-37-20)19-8-9-26-23(12-19)29(42)25(16-39(26)28(17-40)32(2,3)4)31(43)47-10-6-11-48-49(44,45)46/h8-9,12,14-16,18,28,40H,5-7,10-11,13,17H2,1-4H3,(H2,44,45,46)/t28-/m1/s1. The molecular weight excluding hydrogens is 702 g/mol. The second-order valence-electron chi connectivity index (χ2n) is 12.6. The average molecular weight is 740 g/mol. The number of benzene rings is 1. The summed E-state index contributed by atoms with van der Waals surface area (Å²) in [5, 5.41) is 11.3. The predicted octanol–water partition coefficient (Wildman–Crippen LogP) is 6.35. The third-order valence-electron chi connectivity index (χ3n) is 7.75. The summed E-state index contributed by atoms with van der Waals surface area (Å²) in [5.41, 5.74) is -1.15. The minimum Gasteiger partial charge on any atom is -0.462 e. The van der Waals surface area contributed by atoms with Gasteiger partial charge in [-0.3, -0.25) is 19.1 Å². The molecule has 0 aliphatic heterocycles. The van der Waals surface area contributed by atoms with Crippen LogP contribution in [0.3, 0.4) is 0 Å². The summed E-state index contributed by atoms with van der Waals surface area (Å²) in [7, 11) is -4.72. The zero-order chi connectivity index (χ0) is 37.0. The first-order valence-electron chi connectivity index (χ1n) is 15.5. The monoisotopic (exact) mass is 739 g/mol. The van der Waals surface area contributed by atoms with Crippen molar-refractivity contribution in [2.45, 2.75) is 65.6 Å². The topological polar surface area (TPSA) is 178 Å². The fourth-order valence-corrected chi connectivity index (χ4v) is 6.51. The van der Waals surface area contributed by atoms with E-state index in [2.05, 4.69) is 14.5 Å². The number of esters is 1. The third-order valence-corrected chi connectivity index (χ3v) is 9.14. The van der Waals surface area contributed by atoms with Gasteiger partial charge in [0.05, 0.1) is 31.4 Å². The lowest BCUT2D eigenvalue weighted by atomic mass is 9.86. The Bertz CT molecular complexity index is 1980. The van der Waals surface area contributed by atoms with Crippen molar-refractivity contribution >= 4 is 41.8 Å². The van der Waals surface area contributed by atoms with Gasteiger partial charge in [-0.15, -0.1) is 11.3 Å². The van der Waals surface area contributed by atoms with Gasteiger partial charge in [-0.2, -0.15) is 13.2 Å². The molecule has 3 N–H and O–H groups in total. The quantitative estimate of drug-likeness (QED) is 0.0746. The lowest BCUT2D eigenvalue weighted by Gasteiger charge is -2.33. The van der Waals surface area contributed by atoms with E-state index < -0.39 is 49.2 Å². The number of ketones is 1. The highest BCUT2D eigenvalue weighted by molar-refractivity contribution is 7.46.